The van der Waals surface area contributed by atoms with E-state index < -0.39 is 25.8 Å². The lowest BCUT2D eigenvalue weighted by Gasteiger charge is -2.21. The van der Waals surface area contributed by atoms with Crippen molar-refractivity contribution in [2.75, 3.05) is 19.3 Å². The number of amides is 1. The van der Waals surface area contributed by atoms with Gasteiger partial charge in [0, 0.05) is 19.6 Å². The number of carbonyl (C=O) groups excluding carboxylic acids is 1. The SMILES string of the molecule is CC(C)N(C)S(=O)(=O)c1ccc(Cl)c(C(=O)NCCCS(=O)(=O)c2ccccc2)c1. The quantitative estimate of drug-likeness (QED) is 0.565. The highest BCUT2D eigenvalue weighted by Gasteiger charge is 2.25. The summed E-state index contributed by atoms with van der Waals surface area (Å²) < 4.78 is 51.0. The molecule has 0 aromatic heterocycles. The van der Waals surface area contributed by atoms with E-state index >= 15 is 0 Å². The summed E-state index contributed by atoms with van der Waals surface area (Å²) in [5.41, 5.74) is 0.0146. The Kier molecular flexibility index (Phi) is 8.04. The minimum absolute atomic E-state index is 0.0146. The van der Waals surface area contributed by atoms with Crippen molar-refractivity contribution in [3.63, 3.8) is 0 Å². The van der Waals surface area contributed by atoms with Gasteiger partial charge in [0.15, 0.2) is 9.84 Å². The predicted molar refractivity (Wildman–Crippen MR) is 117 cm³/mol. The molecule has 0 saturated carbocycles. The Bertz CT molecular complexity index is 1100. The number of rotatable bonds is 9. The monoisotopic (exact) mass is 472 g/mol. The van der Waals surface area contributed by atoms with Crippen LogP contribution in [0, 0.1) is 0 Å². The van der Waals surface area contributed by atoms with Crippen LogP contribution in [-0.4, -0.2) is 52.4 Å². The lowest BCUT2D eigenvalue weighted by molar-refractivity contribution is 0.0953. The first-order valence-electron chi connectivity index (χ1n) is 9.30. The van der Waals surface area contributed by atoms with Gasteiger partial charge in [0.2, 0.25) is 10.0 Å². The third-order valence-electron chi connectivity index (χ3n) is 4.56. The molecule has 2 aromatic carbocycles. The fourth-order valence-corrected chi connectivity index (χ4v) is 5.52. The van der Waals surface area contributed by atoms with Crippen LogP contribution in [0.3, 0.4) is 0 Å². The molecule has 0 fully saturated rings. The molecule has 1 N–H and O–H groups in total. The van der Waals surface area contributed by atoms with Gasteiger partial charge in [0.25, 0.3) is 5.91 Å². The number of nitrogens with zero attached hydrogens (tertiary/aromatic N) is 1. The smallest absolute Gasteiger partial charge is 0.252 e. The maximum Gasteiger partial charge on any atom is 0.252 e. The highest BCUT2D eigenvalue weighted by atomic mass is 35.5. The maximum absolute atomic E-state index is 12.6. The Morgan fingerprint density at radius 2 is 1.67 bits per heavy atom. The highest BCUT2D eigenvalue weighted by Crippen LogP contribution is 2.23. The van der Waals surface area contributed by atoms with E-state index in [0.717, 1.165) is 0 Å². The van der Waals surface area contributed by atoms with E-state index in [0.29, 0.717) is 0 Å². The van der Waals surface area contributed by atoms with Gasteiger partial charge >= 0.3 is 0 Å². The zero-order valence-corrected chi connectivity index (χ0v) is 19.4. The second-order valence-electron chi connectivity index (χ2n) is 7.00. The van der Waals surface area contributed by atoms with E-state index in [1.807, 2.05) is 0 Å². The number of halogens is 1. The van der Waals surface area contributed by atoms with Gasteiger partial charge in [-0.3, -0.25) is 4.79 Å². The third-order valence-corrected chi connectivity index (χ3v) is 8.74. The Morgan fingerprint density at radius 3 is 2.27 bits per heavy atom. The zero-order valence-electron chi connectivity index (χ0n) is 17.0. The molecule has 0 bridgehead atoms. The average molecular weight is 473 g/mol. The predicted octanol–water partition coefficient (Wildman–Crippen LogP) is 2.96. The minimum atomic E-state index is -3.77. The Balaban J connectivity index is 2.05. The lowest BCUT2D eigenvalue weighted by Crippen LogP contribution is -2.33. The van der Waals surface area contributed by atoms with Crippen LogP contribution in [0.2, 0.25) is 5.02 Å². The van der Waals surface area contributed by atoms with Crippen molar-refractivity contribution in [1.82, 2.24) is 9.62 Å². The molecule has 1 amide bonds. The Hall–Kier alpha value is -1.94. The molecule has 7 nitrogen and oxygen atoms in total. The zero-order chi connectivity index (χ0) is 22.5. The molecule has 0 radical (unpaired) electrons. The summed E-state index contributed by atoms with van der Waals surface area (Å²) in [4.78, 5) is 12.7. The van der Waals surface area contributed by atoms with Crippen LogP contribution in [0.1, 0.15) is 30.6 Å². The maximum atomic E-state index is 12.6. The van der Waals surface area contributed by atoms with E-state index in [1.165, 1.54) is 41.7 Å². The van der Waals surface area contributed by atoms with E-state index in [-0.39, 0.29) is 45.1 Å². The van der Waals surface area contributed by atoms with Gasteiger partial charge in [-0.25, -0.2) is 16.8 Å². The van der Waals surface area contributed by atoms with Crippen molar-refractivity contribution in [2.24, 2.45) is 0 Å². The van der Waals surface area contributed by atoms with Crippen LogP contribution < -0.4 is 5.32 Å². The third kappa shape index (κ3) is 5.81. The van der Waals surface area contributed by atoms with E-state index in [9.17, 15) is 21.6 Å². The van der Waals surface area contributed by atoms with E-state index in [2.05, 4.69) is 5.32 Å². The molecule has 0 aliphatic carbocycles. The van der Waals surface area contributed by atoms with Crippen LogP contribution in [0.4, 0.5) is 0 Å². The molecule has 2 aromatic rings. The van der Waals surface area contributed by atoms with Gasteiger partial charge in [-0.15, -0.1) is 0 Å². The molecular formula is C20H25ClN2O5S2. The number of hydrogen-bond acceptors (Lipinski definition) is 5. The van der Waals surface area contributed by atoms with Gasteiger partial charge < -0.3 is 5.32 Å². The van der Waals surface area contributed by atoms with E-state index in [1.54, 1.807) is 32.0 Å². The summed E-state index contributed by atoms with van der Waals surface area (Å²) in [5, 5.41) is 2.71. The van der Waals surface area contributed by atoms with Crippen molar-refractivity contribution in [2.45, 2.75) is 36.1 Å². The highest BCUT2D eigenvalue weighted by molar-refractivity contribution is 7.91. The summed E-state index contributed by atoms with van der Waals surface area (Å²) in [6.45, 7) is 3.58. The molecule has 0 atom stereocenters. The van der Waals surface area contributed by atoms with Gasteiger partial charge in [0.05, 0.1) is 26.1 Å². The Labute approximate surface area is 183 Å². The first-order valence-corrected chi connectivity index (χ1v) is 12.8. The first kappa shape index (κ1) is 24.3. The molecule has 30 heavy (non-hydrogen) atoms. The fraction of sp³-hybridized carbons (Fsp3) is 0.350. The van der Waals surface area contributed by atoms with E-state index in [4.69, 9.17) is 11.6 Å². The second kappa shape index (κ2) is 9.91. The van der Waals surface area contributed by atoms with Crippen molar-refractivity contribution in [3.05, 3.63) is 59.1 Å². The molecule has 0 aliphatic rings. The summed E-state index contributed by atoms with van der Waals surface area (Å²) in [6, 6.07) is 11.7. The molecular weight excluding hydrogens is 448 g/mol. The number of carbonyl (C=O) groups is 1. The normalized spacial score (nSPS) is 12.3. The summed E-state index contributed by atoms with van der Waals surface area (Å²) in [7, 11) is -5.75. The van der Waals surface area contributed by atoms with Crippen molar-refractivity contribution in [3.8, 4) is 0 Å². The number of benzene rings is 2. The number of sulfone groups is 1. The minimum Gasteiger partial charge on any atom is -0.352 e. The summed E-state index contributed by atoms with van der Waals surface area (Å²) in [6.07, 6.45) is 0.203. The number of nitrogens with one attached hydrogen (secondary N) is 1. The Morgan fingerprint density at radius 1 is 1.03 bits per heavy atom. The van der Waals surface area contributed by atoms with Crippen molar-refractivity contribution < 1.29 is 21.6 Å². The van der Waals surface area contributed by atoms with Crippen LogP contribution >= 0.6 is 11.6 Å². The summed E-state index contributed by atoms with van der Waals surface area (Å²) >= 11 is 6.08. The average Bonchev–Trinajstić information content (AvgIpc) is 2.71. The van der Waals surface area contributed by atoms with Gasteiger partial charge in [0.1, 0.15) is 0 Å². The largest absolute Gasteiger partial charge is 0.352 e. The van der Waals surface area contributed by atoms with Gasteiger partial charge in [-0.2, -0.15) is 4.31 Å². The van der Waals surface area contributed by atoms with Crippen molar-refractivity contribution in [1.29, 1.82) is 0 Å². The van der Waals surface area contributed by atoms with Crippen LogP contribution in [0.15, 0.2) is 58.3 Å². The molecule has 0 heterocycles. The molecule has 0 unspecified atom stereocenters. The number of sulfonamides is 1. The lowest BCUT2D eigenvalue weighted by atomic mass is 10.2. The summed E-state index contributed by atoms with van der Waals surface area (Å²) in [5.74, 6) is -0.695. The first-order chi connectivity index (χ1) is 14.0. The van der Waals surface area contributed by atoms with Crippen LogP contribution in [0.5, 0.6) is 0 Å². The molecule has 0 saturated heterocycles. The number of hydrogen-bond donors (Lipinski definition) is 1. The standard InChI is InChI=1S/C20H25ClN2O5S2/c1-15(2)23(3)30(27,28)17-10-11-19(21)18(14-17)20(24)22-12-7-13-29(25,26)16-8-5-4-6-9-16/h4-6,8-11,14-15H,7,12-13H2,1-3H3,(H,22,24). The molecule has 164 valence electrons. The molecule has 0 aliphatic heterocycles. The fourth-order valence-electron chi connectivity index (χ4n) is 2.59. The molecule has 10 heteroatoms. The van der Waals surface area contributed by atoms with Crippen molar-refractivity contribution >= 4 is 37.4 Å². The molecule has 0 spiro atoms. The topological polar surface area (TPSA) is 101 Å². The van der Waals surface area contributed by atoms with Crippen LogP contribution in [-0.2, 0) is 19.9 Å². The van der Waals surface area contributed by atoms with Crippen LogP contribution in [0.25, 0.3) is 0 Å². The van der Waals surface area contributed by atoms with Gasteiger partial charge in [-0.1, -0.05) is 29.8 Å². The molecule has 2 rings (SSSR count). The second-order valence-corrected chi connectivity index (χ2v) is 11.5. The van der Waals surface area contributed by atoms with Gasteiger partial charge in [-0.05, 0) is 50.6 Å².